The van der Waals surface area contributed by atoms with Gasteiger partial charge in [-0.3, -0.25) is 4.68 Å². The molecule has 1 heterocycles. The number of amides is 1. The summed E-state index contributed by atoms with van der Waals surface area (Å²) in [4.78, 5) is 24.1. The maximum Gasteiger partial charge on any atom is 0.407 e. The highest BCUT2D eigenvalue weighted by atomic mass is 79.9. The summed E-state index contributed by atoms with van der Waals surface area (Å²) in [6, 6.07) is 1.51. The van der Waals surface area contributed by atoms with E-state index >= 15 is 0 Å². The number of hydrogen-bond donors (Lipinski definition) is 1. The van der Waals surface area contributed by atoms with E-state index in [4.69, 9.17) is 9.47 Å². The van der Waals surface area contributed by atoms with E-state index in [1.807, 2.05) is 20.8 Å². The summed E-state index contributed by atoms with van der Waals surface area (Å²) in [7, 11) is 1.34. The molecule has 1 atom stereocenters. The molecule has 0 aromatic carbocycles. The van der Waals surface area contributed by atoms with E-state index in [1.165, 1.54) is 7.11 Å². The molecule has 8 heteroatoms. The van der Waals surface area contributed by atoms with Crippen molar-refractivity contribution in [2.24, 2.45) is 5.92 Å². The Labute approximate surface area is 156 Å². The van der Waals surface area contributed by atoms with Crippen molar-refractivity contribution in [3.63, 3.8) is 0 Å². The van der Waals surface area contributed by atoms with Gasteiger partial charge in [0.25, 0.3) is 0 Å². The normalized spacial score (nSPS) is 16.5. The largest absolute Gasteiger partial charge is 0.464 e. The number of carbonyl (C=O) groups is 2. The Morgan fingerprint density at radius 2 is 2.04 bits per heavy atom. The molecule has 1 aromatic rings. The van der Waals surface area contributed by atoms with Gasteiger partial charge in [0, 0.05) is 12.6 Å². The molecule has 1 aromatic heterocycles. The van der Waals surface area contributed by atoms with Gasteiger partial charge in [-0.25, -0.2) is 9.59 Å². The number of nitrogens with zero attached hydrogens (tertiary/aromatic N) is 2. The minimum atomic E-state index is -0.557. The molecule has 0 saturated heterocycles. The number of rotatable bonds is 5. The summed E-state index contributed by atoms with van der Waals surface area (Å²) in [6.45, 7) is 5.81. The smallest absolute Gasteiger partial charge is 0.407 e. The first kappa shape index (κ1) is 19.8. The SMILES string of the molecule is COC(=O)c1cc(Br)nn1C(CNC(=O)OC(C)(C)C)C1CCCC1. The van der Waals surface area contributed by atoms with Gasteiger partial charge >= 0.3 is 12.1 Å². The zero-order valence-electron chi connectivity index (χ0n) is 15.2. The molecule has 0 bridgehead atoms. The van der Waals surface area contributed by atoms with Gasteiger partial charge in [-0.05, 0) is 55.5 Å². The third kappa shape index (κ3) is 5.45. The standard InChI is InChI=1S/C17H26BrN3O4/c1-17(2,3)25-16(23)19-10-13(11-7-5-6-8-11)21-12(15(22)24-4)9-14(18)20-21/h9,11,13H,5-8,10H2,1-4H3,(H,19,23). The van der Waals surface area contributed by atoms with Gasteiger partial charge in [0.05, 0.1) is 13.2 Å². The Morgan fingerprint density at radius 1 is 1.40 bits per heavy atom. The summed E-state index contributed by atoms with van der Waals surface area (Å²) < 4.78 is 12.4. The molecule has 0 aliphatic heterocycles. The lowest BCUT2D eigenvalue weighted by Gasteiger charge is -2.26. The highest BCUT2D eigenvalue weighted by molar-refractivity contribution is 9.10. The predicted octanol–water partition coefficient (Wildman–Crippen LogP) is 3.69. The van der Waals surface area contributed by atoms with Crippen molar-refractivity contribution < 1.29 is 19.1 Å². The fraction of sp³-hybridized carbons (Fsp3) is 0.706. The monoisotopic (exact) mass is 415 g/mol. The summed E-state index contributed by atoms with van der Waals surface area (Å²) >= 11 is 3.33. The number of nitrogens with one attached hydrogen (secondary N) is 1. The third-order valence-corrected chi connectivity index (χ3v) is 4.60. The Hall–Kier alpha value is -1.57. The molecule has 1 saturated carbocycles. The van der Waals surface area contributed by atoms with Crippen LogP contribution in [-0.2, 0) is 9.47 Å². The van der Waals surface area contributed by atoms with Crippen molar-refractivity contribution in [3.8, 4) is 0 Å². The Kier molecular flexibility index (Phi) is 6.48. The molecule has 7 nitrogen and oxygen atoms in total. The number of aromatic nitrogens is 2. The summed E-state index contributed by atoms with van der Waals surface area (Å²) in [5.74, 6) is -0.108. The summed E-state index contributed by atoms with van der Waals surface area (Å²) in [5.41, 5.74) is -0.184. The molecule has 1 N–H and O–H groups in total. The molecule has 1 amide bonds. The molecule has 1 fully saturated rings. The first-order valence-electron chi connectivity index (χ1n) is 8.51. The van der Waals surface area contributed by atoms with Crippen LogP contribution in [0.5, 0.6) is 0 Å². The van der Waals surface area contributed by atoms with Crippen LogP contribution in [-0.4, -0.2) is 41.1 Å². The lowest BCUT2D eigenvalue weighted by molar-refractivity contribution is 0.0511. The van der Waals surface area contributed by atoms with E-state index in [-0.39, 0.29) is 6.04 Å². The fourth-order valence-electron chi connectivity index (χ4n) is 3.17. The third-order valence-electron chi connectivity index (χ3n) is 4.21. The number of halogens is 1. The van der Waals surface area contributed by atoms with Crippen LogP contribution in [0.2, 0.25) is 0 Å². The summed E-state index contributed by atoms with van der Waals surface area (Å²) in [6.07, 6.45) is 3.89. The molecular formula is C17H26BrN3O4. The number of esters is 1. The molecule has 2 rings (SSSR count). The average Bonchev–Trinajstić information content (AvgIpc) is 3.15. The second kappa shape index (κ2) is 8.21. The number of hydrogen-bond acceptors (Lipinski definition) is 5. The van der Waals surface area contributed by atoms with Gasteiger partial charge in [-0.2, -0.15) is 5.10 Å². The van der Waals surface area contributed by atoms with Crippen molar-refractivity contribution in [2.45, 2.75) is 58.1 Å². The fourth-order valence-corrected chi connectivity index (χ4v) is 3.56. The molecule has 1 aliphatic rings. The Bertz CT molecular complexity index is 618. The minimum Gasteiger partial charge on any atom is -0.464 e. The number of ether oxygens (including phenoxy) is 2. The van der Waals surface area contributed by atoms with E-state index in [0.717, 1.165) is 25.7 Å². The van der Waals surface area contributed by atoms with Crippen LogP contribution in [0, 0.1) is 5.92 Å². The van der Waals surface area contributed by atoms with Gasteiger partial charge in [0.1, 0.15) is 15.9 Å². The van der Waals surface area contributed by atoms with Crippen molar-refractivity contribution in [1.82, 2.24) is 15.1 Å². The number of methoxy groups -OCH3 is 1. The van der Waals surface area contributed by atoms with E-state index in [0.29, 0.717) is 22.8 Å². The van der Waals surface area contributed by atoms with Crippen molar-refractivity contribution in [3.05, 3.63) is 16.4 Å². The van der Waals surface area contributed by atoms with Gasteiger partial charge in [-0.1, -0.05) is 12.8 Å². The molecule has 1 aliphatic carbocycles. The average molecular weight is 416 g/mol. The Balaban J connectivity index is 2.19. The zero-order valence-corrected chi connectivity index (χ0v) is 16.8. The van der Waals surface area contributed by atoms with Crippen molar-refractivity contribution >= 4 is 28.0 Å². The maximum atomic E-state index is 12.1. The van der Waals surface area contributed by atoms with Gasteiger partial charge in [-0.15, -0.1) is 0 Å². The summed E-state index contributed by atoms with van der Waals surface area (Å²) in [5, 5.41) is 7.24. The molecule has 25 heavy (non-hydrogen) atoms. The lowest BCUT2D eigenvalue weighted by Crippen LogP contribution is -2.38. The molecule has 0 spiro atoms. The second-order valence-electron chi connectivity index (χ2n) is 7.28. The van der Waals surface area contributed by atoms with Gasteiger partial charge in [0.2, 0.25) is 0 Å². The van der Waals surface area contributed by atoms with Crippen LogP contribution < -0.4 is 5.32 Å². The van der Waals surface area contributed by atoms with Crippen LogP contribution in [0.25, 0.3) is 0 Å². The quantitative estimate of drug-likeness (QED) is 0.741. The van der Waals surface area contributed by atoms with Crippen molar-refractivity contribution in [1.29, 1.82) is 0 Å². The van der Waals surface area contributed by atoms with E-state index in [9.17, 15) is 9.59 Å². The second-order valence-corrected chi connectivity index (χ2v) is 8.10. The number of alkyl carbamates (subject to hydrolysis) is 1. The Morgan fingerprint density at radius 3 is 2.60 bits per heavy atom. The molecule has 0 radical (unpaired) electrons. The molecule has 1 unspecified atom stereocenters. The van der Waals surface area contributed by atoms with Crippen LogP contribution >= 0.6 is 15.9 Å². The minimum absolute atomic E-state index is 0.129. The van der Waals surface area contributed by atoms with Crippen LogP contribution in [0.1, 0.15) is 63.0 Å². The first-order valence-corrected chi connectivity index (χ1v) is 9.31. The van der Waals surface area contributed by atoms with Gasteiger partial charge < -0.3 is 14.8 Å². The topological polar surface area (TPSA) is 82.5 Å². The van der Waals surface area contributed by atoms with E-state index in [2.05, 4.69) is 26.3 Å². The zero-order chi connectivity index (χ0) is 18.6. The maximum absolute atomic E-state index is 12.1. The number of carbonyl (C=O) groups excluding carboxylic acids is 2. The van der Waals surface area contributed by atoms with E-state index in [1.54, 1.807) is 10.7 Å². The molecule has 140 valence electrons. The van der Waals surface area contributed by atoms with Crippen LogP contribution in [0.4, 0.5) is 4.79 Å². The van der Waals surface area contributed by atoms with Gasteiger partial charge in [0.15, 0.2) is 0 Å². The first-order chi connectivity index (χ1) is 11.7. The van der Waals surface area contributed by atoms with Crippen LogP contribution in [0.15, 0.2) is 10.7 Å². The van der Waals surface area contributed by atoms with Crippen molar-refractivity contribution in [2.75, 3.05) is 13.7 Å². The molecular weight excluding hydrogens is 390 g/mol. The highest BCUT2D eigenvalue weighted by Crippen LogP contribution is 2.35. The lowest BCUT2D eigenvalue weighted by atomic mass is 9.98. The highest BCUT2D eigenvalue weighted by Gasteiger charge is 2.31. The predicted molar refractivity (Wildman–Crippen MR) is 96.5 cm³/mol. The van der Waals surface area contributed by atoms with Crippen LogP contribution in [0.3, 0.4) is 0 Å². The van der Waals surface area contributed by atoms with E-state index < -0.39 is 17.7 Å².